The average Bonchev–Trinajstić information content (AvgIpc) is 2.99. The van der Waals surface area contributed by atoms with E-state index in [4.69, 9.17) is 16.3 Å². The summed E-state index contributed by atoms with van der Waals surface area (Å²) in [5.41, 5.74) is 1.53. The highest BCUT2D eigenvalue weighted by atomic mass is 35.5. The maximum absolute atomic E-state index is 13.7. The van der Waals surface area contributed by atoms with Crippen molar-refractivity contribution in [1.82, 2.24) is 0 Å². The van der Waals surface area contributed by atoms with Crippen LogP contribution in [-0.2, 0) is 9.59 Å². The first-order chi connectivity index (χ1) is 15.0. The molecular formula is C24H18ClFN2O3. The number of hydrogen-bond donors (Lipinski definition) is 1. The summed E-state index contributed by atoms with van der Waals surface area (Å²) < 4.78 is 19.1. The summed E-state index contributed by atoms with van der Waals surface area (Å²) in [7, 11) is 0. The van der Waals surface area contributed by atoms with Gasteiger partial charge in [0, 0.05) is 10.7 Å². The van der Waals surface area contributed by atoms with E-state index >= 15 is 0 Å². The van der Waals surface area contributed by atoms with Crippen molar-refractivity contribution in [3.8, 4) is 5.75 Å². The third-order valence-electron chi connectivity index (χ3n) is 4.72. The van der Waals surface area contributed by atoms with E-state index in [0.29, 0.717) is 34.3 Å². The number of nitrogens with zero attached hydrogens (tertiary/aromatic N) is 1. The summed E-state index contributed by atoms with van der Waals surface area (Å²) in [5, 5.41) is 3.43. The van der Waals surface area contributed by atoms with Crippen LogP contribution in [-0.4, -0.2) is 18.4 Å². The third kappa shape index (κ3) is 4.15. The van der Waals surface area contributed by atoms with Crippen molar-refractivity contribution in [3.05, 3.63) is 94.9 Å². The summed E-state index contributed by atoms with van der Waals surface area (Å²) in [6.45, 7) is 2.37. The Morgan fingerprint density at radius 3 is 2.32 bits per heavy atom. The minimum absolute atomic E-state index is 0.0619. The molecule has 31 heavy (non-hydrogen) atoms. The number of anilines is 2. The minimum atomic E-state index is -0.539. The van der Waals surface area contributed by atoms with Crippen LogP contribution in [0, 0.1) is 5.82 Å². The highest BCUT2D eigenvalue weighted by Crippen LogP contribution is 2.34. The van der Waals surface area contributed by atoms with Crippen molar-refractivity contribution in [2.45, 2.75) is 6.92 Å². The van der Waals surface area contributed by atoms with Gasteiger partial charge in [0.15, 0.2) is 0 Å². The van der Waals surface area contributed by atoms with Gasteiger partial charge in [-0.25, -0.2) is 9.29 Å². The first-order valence-electron chi connectivity index (χ1n) is 9.62. The van der Waals surface area contributed by atoms with E-state index in [9.17, 15) is 14.0 Å². The summed E-state index contributed by atoms with van der Waals surface area (Å²) in [4.78, 5) is 27.7. The Balaban J connectivity index is 1.77. The zero-order valence-electron chi connectivity index (χ0n) is 16.6. The molecule has 1 aliphatic heterocycles. The lowest BCUT2D eigenvalue weighted by molar-refractivity contribution is -0.120. The van der Waals surface area contributed by atoms with Crippen LogP contribution in [0.1, 0.15) is 12.5 Å². The van der Waals surface area contributed by atoms with Crippen molar-refractivity contribution in [3.63, 3.8) is 0 Å². The molecule has 0 aliphatic carbocycles. The molecule has 0 radical (unpaired) electrons. The Morgan fingerprint density at radius 1 is 0.968 bits per heavy atom. The van der Waals surface area contributed by atoms with E-state index in [1.165, 1.54) is 18.2 Å². The second-order valence-electron chi connectivity index (χ2n) is 6.76. The van der Waals surface area contributed by atoms with Gasteiger partial charge < -0.3 is 10.1 Å². The fourth-order valence-corrected chi connectivity index (χ4v) is 3.46. The highest BCUT2D eigenvalue weighted by molar-refractivity contribution is 6.46. The van der Waals surface area contributed by atoms with Gasteiger partial charge in [0.2, 0.25) is 0 Å². The Morgan fingerprint density at radius 2 is 1.68 bits per heavy atom. The normalized spacial score (nSPS) is 13.7. The van der Waals surface area contributed by atoms with Gasteiger partial charge in [-0.15, -0.1) is 0 Å². The van der Waals surface area contributed by atoms with E-state index in [1.54, 1.807) is 54.6 Å². The zero-order chi connectivity index (χ0) is 22.0. The summed E-state index contributed by atoms with van der Waals surface area (Å²) in [6.07, 6.45) is 0. The molecule has 3 aromatic rings. The standard InChI is InChI=1S/C24H18ClFN2O3/c1-2-31-20-12-10-19(11-13-20)28-23(29)21(15-6-8-16(25)9-7-15)22(24(28)30)27-18-5-3-4-17(26)14-18/h3-14,27H,2H2,1H3. The minimum Gasteiger partial charge on any atom is -0.494 e. The molecule has 1 aliphatic rings. The molecule has 0 saturated carbocycles. The number of ether oxygens (including phenoxy) is 1. The number of carbonyl (C=O) groups excluding carboxylic acids is 2. The molecule has 0 spiro atoms. The van der Waals surface area contributed by atoms with E-state index in [-0.39, 0.29) is 11.3 Å². The molecule has 0 fully saturated rings. The lowest BCUT2D eigenvalue weighted by Crippen LogP contribution is -2.32. The first kappa shape index (κ1) is 20.6. The lowest BCUT2D eigenvalue weighted by Gasteiger charge is -2.16. The molecule has 0 aromatic heterocycles. The van der Waals surface area contributed by atoms with E-state index in [2.05, 4.69) is 5.32 Å². The molecule has 1 N–H and O–H groups in total. The van der Waals surface area contributed by atoms with Gasteiger partial charge in [-0.1, -0.05) is 29.8 Å². The number of imide groups is 1. The quantitative estimate of drug-likeness (QED) is 0.534. The Labute approximate surface area is 183 Å². The van der Waals surface area contributed by atoms with Crippen LogP contribution in [0.3, 0.4) is 0 Å². The molecule has 0 atom stereocenters. The Kier molecular flexibility index (Phi) is 5.73. The largest absolute Gasteiger partial charge is 0.494 e. The Hall–Kier alpha value is -3.64. The maximum Gasteiger partial charge on any atom is 0.282 e. The summed E-state index contributed by atoms with van der Waals surface area (Å²) in [6, 6.07) is 19.0. The fraction of sp³-hybridized carbons (Fsp3) is 0.0833. The fourth-order valence-electron chi connectivity index (χ4n) is 3.33. The van der Waals surface area contributed by atoms with Crippen LogP contribution in [0.2, 0.25) is 5.02 Å². The highest BCUT2D eigenvalue weighted by Gasteiger charge is 2.40. The predicted molar refractivity (Wildman–Crippen MR) is 118 cm³/mol. The maximum atomic E-state index is 13.7. The molecule has 2 amide bonds. The number of halogens is 2. The molecule has 3 aromatic carbocycles. The Bertz CT molecular complexity index is 1170. The van der Waals surface area contributed by atoms with Crippen LogP contribution in [0.4, 0.5) is 15.8 Å². The first-order valence-corrected chi connectivity index (χ1v) is 10.00. The lowest BCUT2D eigenvalue weighted by atomic mass is 10.0. The molecule has 5 nitrogen and oxygen atoms in total. The summed E-state index contributed by atoms with van der Waals surface area (Å²) >= 11 is 5.98. The topological polar surface area (TPSA) is 58.6 Å². The van der Waals surface area contributed by atoms with Crippen molar-refractivity contribution in [2.24, 2.45) is 0 Å². The van der Waals surface area contributed by atoms with Crippen molar-refractivity contribution in [2.75, 3.05) is 16.8 Å². The average molecular weight is 437 g/mol. The van der Waals surface area contributed by atoms with Crippen LogP contribution >= 0.6 is 11.6 Å². The van der Waals surface area contributed by atoms with Gasteiger partial charge in [-0.2, -0.15) is 0 Å². The number of carbonyl (C=O) groups is 2. The molecule has 0 saturated heterocycles. The van der Waals surface area contributed by atoms with Crippen LogP contribution in [0.5, 0.6) is 5.75 Å². The van der Waals surface area contributed by atoms with Gasteiger partial charge in [0.05, 0.1) is 17.9 Å². The monoisotopic (exact) mass is 436 g/mol. The van der Waals surface area contributed by atoms with E-state index in [0.717, 1.165) is 4.90 Å². The van der Waals surface area contributed by atoms with Gasteiger partial charge >= 0.3 is 0 Å². The summed E-state index contributed by atoms with van der Waals surface area (Å²) in [5.74, 6) is -0.855. The van der Waals surface area contributed by atoms with Gasteiger partial charge in [-0.3, -0.25) is 9.59 Å². The molecule has 0 bridgehead atoms. The van der Waals surface area contributed by atoms with Gasteiger partial charge in [0.1, 0.15) is 17.3 Å². The van der Waals surface area contributed by atoms with Crippen LogP contribution < -0.4 is 15.0 Å². The number of hydrogen-bond acceptors (Lipinski definition) is 4. The smallest absolute Gasteiger partial charge is 0.282 e. The predicted octanol–water partition coefficient (Wildman–Crippen LogP) is 5.27. The number of nitrogens with one attached hydrogen (secondary N) is 1. The van der Waals surface area contributed by atoms with Crippen molar-refractivity contribution in [1.29, 1.82) is 0 Å². The van der Waals surface area contributed by atoms with Crippen molar-refractivity contribution >= 4 is 40.4 Å². The van der Waals surface area contributed by atoms with Crippen LogP contribution in [0.15, 0.2) is 78.5 Å². The molecule has 4 rings (SSSR count). The number of benzene rings is 3. The van der Waals surface area contributed by atoms with Crippen LogP contribution in [0.25, 0.3) is 5.57 Å². The molecule has 0 unspecified atom stereocenters. The SMILES string of the molecule is CCOc1ccc(N2C(=O)C(Nc3cccc(F)c3)=C(c3ccc(Cl)cc3)C2=O)cc1. The molecular weight excluding hydrogens is 419 g/mol. The molecule has 7 heteroatoms. The van der Waals surface area contributed by atoms with Gasteiger partial charge in [0.25, 0.3) is 11.8 Å². The molecule has 156 valence electrons. The van der Waals surface area contributed by atoms with Crippen molar-refractivity contribution < 1.29 is 18.7 Å². The molecule has 1 heterocycles. The second kappa shape index (κ2) is 8.62. The van der Waals surface area contributed by atoms with Gasteiger partial charge in [-0.05, 0) is 67.1 Å². The number of amides is 2. The van der Waals surface area contributed by atoms with E-state index in [1.807, 2.05) is 6.92 Å². The zero-order valence-corrected chi connectivity index (χ0v) is 17.3. The number of rotatable bonds is 6. The third-order valence-corrected chi connectivity index (χ3v) is 4.97. The second-order valence-corrected chi connectivity index (χ2v) is 7.20. The van der Waals surface area contributed by atoms with E-state index < -0.39 is 17.6 Å².